The Labute approximate surface area is 162 Å². The van der Waals surface area contributed by atoms with E-state index < -0.39 is 30.4 Å². The van der Waals surface area contributed by atoms with Crippen molar-refractivity contribution in [3.8, 4) is 11.5 Å². The molecule has 0 aliphatic carbocycles. The predicted octanol–water partition coefficient (Wildman–Crippen LogP) is 0.636. The Hall–Kier alpha value is -2.27. The second kappa shape index (κ2) is 9.28. The van der Waals surface area contributed by atoms with E-state index in [0.29, 0.717) is 11.5 Å². The fraction of sp³-hybridized carbons (Fsp3) is 0.188. The molecule has 1 amide bonds. The summed E-state index contributed by atoms with van der Waals surface area (Å²) >= 11 is 0. The molecule has 0 heterocycles. The van der Waals surface area contributed by atoms with Gasteiger partial charge in [0.05, 0.1) is 4.90 Å². The van der Waals surface area contributed by atoms with Gasteiger partial charge in [0.2, 0.25) is 16.4 Å². The van der Waals surface area contributed by atoms with Crippen LogP contribution >= 0.6 is 7.75 Å². The summed E-state index contributed by atoms with van der Waals surface area (Å²) in [5, 5.41) is 0. The molecule has 2 rings (SSSR count). The van der Waals surface area contributed by atoms with Gasteiger partial charge in [0, 0.05) is 19.1 Å². The lowest BCUT2D eigenvalue weighted by Gasteiger charge is -2.22. The summed E-state index contributed by atoms with van der Waals surface area (Å²) in [6.07, 6.45) is -0.0411. The fourth-order valence-corrected chi connectivity index (χ4v) is 3.77. The first kappa shape index (κ1) is 22.0. The minimum absolute atomic E-state index is 0.0395. The molecule has 28 heavy (non-hydrogen) atoms. The maximum atomic E-state index is 12.3. The molecule has 0 radical (unpaired) electrons. The molecule has 0 saturated carbocycles. The zero-order chi connectivity index (χ0) is 20.8. The van der Waals surface area contributed by atoms with Crippen LogP contribution in [0.3, 0.4) is 0 Å². The third kappa shape index (κ3) is 6.41. The van der Waals surface area contributed by atoms with Crippen LogP contribution in [0, 0.1) is 0 Å². The summed E-state index contributed by atoms with van der Waals surface area (Å²) in [4.78, 5) is 28.6. The van der Waals surface area contributed by atoms with Crippen LogP contribution in [0.25, 0.3) is 0 Å². The molecule has 0 fully saturated rings. The Balaban J connectivity index is 1.96. The number of nitrogens with two attached hydrogens (primary N) is 1. The first-order valence-corrected chi connectivity index (χ1v) is 11.0. The summed E-state index contributed by atoms with van der Waals surface area (Å²) < 4.78 is 43.7. The van der Waals surface area contributed by atoms with E-state index in [2.05, 4.69) is 4.72 Å². The van der Waals surface area contributed by atoms with Crippen LogP contribution in [0.15, 0.2) is 59.5 Å². The molecular formula is C16H20N3O7PS. The van der Waals surface area contributed by atoms with Crippen molar-refractivity contribution >= 4 is 24.2 Å². The van der Waals surface area contributed by atoms with Crippen molar-refractivity contribution in [1.29, 1.82) is 0 Å². The van der Waals surface area contributed by atoms with Gasteiger partial charge in [-0.3, -0.25) is 9.46 Å². The van der Waals surface area contributed by atoms with Crippen molar-refractivity contribution in [1.82, 2.24) is 9.39 Å². The Morgan fingerprint density at radius 2 is 1.68 bits per heavy atom. The first-order chi connectivity index (χ1) is 13.1. The average molecular weight is 429 g/mol. The third-order valence-corrected chi connectivity index (χ3v) is 5.89. The second-order valence-electron chi connectivity index (χ2n) is 5.74. The van der Waals surface area contributed by atoms with Crippen LogP contribution in [0.5, 0.6) is 11.5 Å². The van der Waals surface area contributed by atoms with Crippen LogP contribution < -0.4 is 15.2 Å². The highest BCUT2D eigenvalue weighted by molar-refractivity contribution is 7.89. The summed E-state index contributed by atoms with van der Waals surface area (Å²) in [7, 11) is -8.70. The predicted molar refractivity (Wildman–Crippen MR) is 101 cm³/mol. The summed E-state index contributed by atoms with van der Waals surface area (Å²) in [6, 6.07) is 13.6. The lowest BCUT2D eigenvalue weighted by atomic mass is 10.3. The molecule has 2 aromatic carbocycles. The lowest BCUT2D eigenvalue weighted by molar-refractivity contribution is -0.115. The van der Waals surface area contributed by atoms with Crippen LogP contribution in [0.4, 0.5) is 0 Å². The number of amides is 1. The van der Waals surface area contributed by atoms with Gasteiger partial charge in [0.1, 0.15) is 11.5 Å². The number of hydrogen-bond acceptors (Lipinski definition) is 6. The van der Waals surface area contributed by atoms with Gasteiger partial charge in [-0.25, -0.2) is 17.7 Å². The summed E-state index contributed by atoms with van der Waals surface area (Å²) in [6.45, 7) is -0.838. The van der Waals surface area contributed by atoms with Crippen molar-refractivity contribution in [3.63, 3.8) is 0 Å². The highest BCUT2D eigenvalue weighted by Crippen LogP contribution is 2.38. The second-order valence-corrected chi connectivity index (χ2v) is 9.05. The van der Waals surface area contributed by atoms with Gasteiger partial charge in [0.15, 0.2) is 0 Å². The van der Waals surface area contributed by atoms with Gasteiger partial charge in [-0.1, -0.05) is 18.2 Å². The van der Waals surface area contributed by atoms with Gasteiger partial charge < -0.3 is 20.3 Å². The Morgan fingerprint density at radius 3 is 2.21 bits per heavy atom. The molecule has 152 valence electrons. The number of nitrogens with one attached hydrogen (secondary N) is 1. The monoisotopic (exact) mass is 429 g/mol. The van der Waals surface area contributed by atoms with Gasteiger partial charge in [0.25, 0.3) is 0 Å². The number of carbonyl (C=O) groups is 1. The maximum absolute atomic E-state index is 12.3. The molecule has 0 bridgehead atoms. The van der Waals surface area contributed by atoms with Gasteiger partial charge in [-0.15, -0.1) is 0 Å². The number of rotatable bonds is 10. The Kier molecular flexibility index (Phi) is 7.30. The van der Waals surface area contributed by atoms with Gasteiger partial charge >= 0.3 is 7.75 Å². The molecule has 1 atom stereocenters. The topological polar surface area (TPSA) is 159 Å². The molecule has 0 aliphatic heterocycles. The number of benzene rings is 2. The Bertz CT molecular complexity index is 932. The van der Waals surface area contributed by atoms with E-state index in [1.165, 1.54) is 24.3 Å². The van der Waals surface area contributed by atoms with E-state index in [1.54, 1.807) is 24.3 Å². The molecule has 1 unspecified atom stereocenters. The van der Waals surface area contributed by atoms with E-state index in [1.807, 2.05) is 6.07 Å². The van der Waals surface area contributed by atoms with Crippen molar-refractivity contribution in [2.75, 3.05) is 13.1 Å². The normalized spacial score (nSPS) is 13.0. The number of nitrogens with zero attached hydrogens (tertiary/aromatic N) is 1. The Morgan fingerprint density at radius 1 is 1.11 bits per heavy atom. The highest BCUT2D eigenvalue weighted by Gasteiger charge is 2.26. The van der Waals surface area contributed by atoms with E-state index in [9.17, 15) is 17.8 Å². The van der Waals surface area contributed by atoms with Crippen molar-refractivity contribution in [2.24, 2.45) is 5.73 Å². The standard InChI is InChI=1S/C16H20N3O7PS/c17-13(11-19(12-20)27(21,22)23)10-18-28(24,25)16-8-6-15(7-9-16)26-14-4-2-1-3-5-14/h1-9,12-13,18H,10-11,17H2,(H2,21,22,23). The fourth-order valence-electron chi connectivity index (χ4n) is 2.13. The molecule has 10 nitrogen and oxygen atoms in total. The molecule has 12 heteroatoms. The van der Waals surface area contributed by atoms with Gasteiger partial charge in [-0.2, -0.15) is 0 Å². The quantitative estimate of drug-likeness (QED) is 0.316. The smallest absolute Gasteiger partial charge is 0.432 e. The molecule has 0 spiro atoms. The molecule has 5 N–H and O–H groups in total. The lowest BCUT2D eigenvalue weighted by Crippen LogP contribution is -2.43. The molecule has 2 aromatic rings. The zero-order valence-corrected chi connectivity index (χ0v) is 16.3. The molecule has 0 aliphatic rings. The minimum atomic E-state index is -4.79. The molecule has 0 saturated heterocycles. The van der Waals surface area contributed by atoms with Crippen LogP contribution in [0.1, 0.15) is 0 Å². The van der Waals surface area contributed by atoms with Crippen molar-refractivity contribution in [3.05, 3.63) is 54.6 Å². The average Bonchev–Trinajstić information content (AvgIpc) is 2.65. The minimum Gasteiger partial charge on any atom is -0.457 e. The van der Waals surface area contributed by atoms with Crippen LogP contribution in [0.2, 0.25) is 0 Å². The van der Waals surface area contributed by atoms with E-state index in [0.717, 1.165) is 0 Å². The van der Waals surface area contributed by atoms with Crippen molar-refractivity contribution < 1.29 is 32.3 Å². The number of sulfonamides is 1. The SMILES string of the molecule is NC(CNS(=O)(=O)c1ccc(Oc2ccccc2)cc1)CN(C=O)P(=O)(O)O. The van der Waals surface area contributed by atoms with Crippen molar-refractivity contribution in [2.45, 2.75) is 10.9 Å². The van der Waals surface area contributed by atoms with E-state index in [-0.39, 0.29) is 22.5 Å². The summed E-state index contributed by atoms with van der Waals surface area (Å²) in [5.41, 5.74) is 5.65. The van der Waals surface area contributed by atoms with E-state index >= 15 is 0 Å². The van der Waals surface area contributed by atoms with E-state index in [4.69, 9.17) is 20.3 Å². The summed E-state index contributed by atoms with van der Waals surface area (Å²) in [5.74, 6) is 1.05. The van der Waals surface area contributed by atoms with Gasteiger partial charge in [-0.05, 0) is 36.4 Å². The molecular weight excluding hydrogens is 409 g/mol. The first-order valence-electron chi connectivity index (χ1n) is 7.98. The largest absolute Gasteiger partial charge is 0.457 e. The highest BCUT2D eigenvalue weighted by atomic mass is 32.2. The number of carbonyl (C=O) groups excluding carboxylic acids is 1. The zero-order valence-electron chi connectivity index (χ0n) is 14.6. The van der Waals surface area contributed by atoms with Crippen LogP contribution in [-0.2, 0) is 19.4 Å². The maximum Gasteiger partial charge on any atom is 0.432 e. The third-order valence-electron chi connectivity index (χ3n) is 3.53. The number of para-hydroxylation sites is 1. The molecule has 0 aromatic heterocycles. The van der Waals surface area contributed by atoms with Crippen LogP contribution in [-0.4, -0.2) is 48.4 Å². The number of ether oxygens (including phenoxy) is 1. The number of hydrogen-bond donors (Lipinski definition) is 4.